The van der Waals surface area contributed by atoms with Gasteiger partial charge in [0, 0.05) is 15.4 Å². The van der Waals surface area contributed by atoms with Gasteiger partial charge in [-0.25, -0.2) is 0 Å². The van der Waals surface area contributed by atoms with Gasteiger partial charge in [0.25, 0.3) is 0 Å². The Hall–Kier alpha value is -0.830. The molecule has 0 aliphatic rings. The fourth-order valence-electron chi connectivity index (χ4n) is 1.93. The standard InChI is InChI=1S/C15H14BrClO/c16-14-5-3-12(4-6-14)13(10-18)9-11-1-7-15(17)8-2-11/h1-8,13,18H,9-10H2. The molecule has 0 radical (unpaired) electrons. The Morgan fingerprint density at radius 3 is 2.17 bits per heavy atom. The van der Waals surface area contributed by atoms with Gasteiger partial charge in [-0.15, -0.1) is 0 Å². The topological polar surface area (TPSA) is 20.2 Å². The molecule has 3 heteroatoms. The Bertz CT molecular complexity index is 493. The van der Waals surface area contributed by atoms with Crippen LogP contribution in [0, 0.1) is 0 Å². The van der Waals surface area contributed by atoms with Gasteiger partial charge in [0.05, 0.1) is 6.61 Å². The monoisotopic (exact) mass is 324 g/mol. The molecule has 1 nitrogen and oxygen atoms in total. The molecule has 2 aromatic carbocycles. The van der Waals surface area contributed by atoms with E-state index in [1.807, 2.05) is 48.5 Å². The van der Waals surface area contributed by atoms with Crippen LogP contribution < -0.4 is 0 Å². The molecule has 0 fully saturated rings. The van der Waals surface area contributed by atoms with Crippen LogP contribution in [0.4, 0.5) is 0 Å². The van der Waals surface area contributed by atoms with Gasteiger partial charge in [-0.3, -0.25) is 0 Å². The first kappa shape index (κ1) is 13.6. The maximum atomic E-state index is 9.53. The Balaban J connectivity index is 2.14. The molecule has 0 amide bonds. The van der Waals surface area contributed by atoms with Crippen molar-refractivity contribution in [3.05, 3.63) is 69.2 Å². The van der Waals surface area contributed by atoms with Gasteiger partial charge in [-0.1, -0.05) is 51.8 Å². The first-order valence-electron chi connectivity index (χ1n) is 5.80. The molecule has 2 aromatic rings. The van der Waals surface area contributed by atoms with E-state index >= 15 is 0 Å². The van der Waals surface area contributed by atoms with Gasteiger partial charge < -0.3 is 5.11 Å². The molecule has 0 aliphatic heterocycles. The summed E-state index contributed by atoms with van der Waals surface area (Å²) in [5.74, 6) is 0.124. The summed E-state index contributed by atoms with van der Waals surface area (Å²) in [5.41, 5.74) is 2.33. The van der Waals surface area contributed by atoms with E-state index < -0.39 is 0 Å². The van der Waals surface area contributed by atoms with Gasteiger partial charge in [-0.2, -0.15) is 0 Å². The van der Waals surface area contributed by atoms with Crippen LogP contribution in [0.2, 0.25) is 5.02 Å². The Morgan fingerprint density at radius 1 is 1.00 bits per heavy atom. The second-order valence-electron chi connectivity index (χ2n) is 4.26. The van der Waals surface area contributed by atoms with E-state index in [2.05, 4.69) is 15.9 Å². The third kappa shape index (κ3) is 3.58. The zero-order valence-electron chi connectivity index (χ0n) is 9.81. The molecule has 94 valence electrons. The fraction of sp³-hybridized carbons (Fsp3) is 0.200. The SMILES string of the molecule is OCC(Cc1ccc(Cl)cc1)c1ccc(Br)cc1. The lowest BCUT2D eigenvalue weighted by atomic mass is 9.93. The molecule has 1 atom stereocenters. The number of halogens is 2. The van der Waals surface area contributed by atoms with Crippen molar-refractivity contribution in [2.45, 2.75) is 12.3 Å². The highest BCUT2D eigenvalue weighted by atomic mass is 79.9. The van der Waals surface area contributed by atoms with Crippen LogP contribution in [0.5, 0.6) is 0 Å². The normalized spacial score (nSPS) is 12.4. The van der Waals surface area contributed by atoms with Gasteiger partial charge in [0.1, 0.15) is 0 Å². The van der Waals surface area contributed by atoms with E-state index in [-0.39, 0.29) is 12.5 Å². The van der Waals surface area contributed by atoms with Gasteiger partial charge in [0.2, 0.25) is 0 Å². The van der Waals surface area contributed by atoms with Gasteiger partial charge in [-0.05, 0) is 41.8 Å². The summed E-state index contributed by atoms with van der Waals surface area (Å²) >= 11 is 9.28. The second-order valence-corrected chi connectivity index (χ2v) is 5.61. The van der Waals surface area contributed by atoms with Crippen LogP contribution in [0.1, 0.15) is 17.0 Å². The van der Waals surface area contributed by atoms with Crippen molar-refractivity contribution in [2.24, 2.45) is 0 Å². The maximum Gasteiger partial charge on any atom is 0.0502 e. The van der Waals surface area contributed by atoms with Crippen molar-refractivity contribution in [3.63, 3.8) is 0 Å². The molecule has 2 rings (SSSR count). The van der Waals surface area contributed by atoms with Crippen LogP contribution in [0.15, 0.2) is 53.0 Å². The van der Waals surface area contributed by atoms with Crippen molar-refractivity contribution in [3.8, 4) is 0 Å². The Morgan fingerprint density at radius 2 is 1.61 bits per heavy atom. The minimum absolute atomic E-state index is 0.124. The third-order valence-corrected chi connectivity index (χ3v) is 3.74. The molecule has 18 heavy (non-hydrogen) atoms. The van der Waals surface area contributed by atoms with Crippen LogP contribution >= 0.6 is 27.5 Å². The Kier molecular flexibility index (Phi) is 4.81. The minimum atomic E-state index is 0.124. The van der Waals surface area contributed by atoms with Crippen LogP contribution in [-0.2, 0) is 6.42 Å². The average molecular weight is 326 g/mol. The number of aliphatic hydroxyl groups is 1. The predicted octanol–water partition coefficient (Wildman–Crippen LogP) is 4.42. The molecule has 1 unspecified atom stereocenters. The lowest BCUT2D eigenvalue weighted by Crippen LogP contribution is -2.07. The van der Waals surface area contributed by atoms with E-state index in [0.717, 1.165) is 21.5 Å². The summed E-state index contributed by atoms with van der Waals surface area (Å²) in [6, 6.07) is 15.9. The maximum absolute atomic E-state index is 9.53. The average Bonchev–Trinajstić information content (AvgIpc) is 2.39. The summed E-state index contributed by atoms with van der Waals surface area (Å²) < 4.78 is 1.05. The molecule has 0 aliphatic carbocycles. The molecule has 0 aromatic heterocycles. The number of hydrogen-bond acceptors (Lipinski definition) is 1. The molecule has 0 spiro atoms. The van der Waals surface area contributed by atoms with Crippen LogP contribution in [0.25, 0.3) is 0 Å². The summed E-state index contributed by atoms with van der Waals surface area (Å²) in [7, 11) is 0. The molecular formula is C15H14BrClO. The summed E-state index contributed by atoms with van der Waals surface area (Å²) in [6.45, 7) is 0.143. The highest BCUT2D eigenvalue weighted by Crippen LogP contribution is 2.23. The highest BCUT2D eigenvalue weighted by molar-refractivity contribution is 9.10. The van der Waals surface area contributed by atoms with Crippen molar-refractivity contribution in [1.82, 2.24) is 0 Å². The van der Waals surface area contributed by atoms with E-state index in [9.17, 15) is 5.11 Å². The summed E-state index contributed by atoms with van der Waals surface area (Å²) in [6.07, 6.45) is 0.815. The lowest BCUT2D eigenvalue weighted by molar-refractivity contribution is 0.264. The van der Waals surface area contributed by atoms with E-state index in [4.69, 9.17) is 11.6 Å². The van der Waals surface area contributed by atoms with E-state index in [0.29, 0.717) is 0 Å². The number of aliphatic hydroxyl groups excluding tert-OH is 1. The van der Waals surface area contributed by atoms with Gasteiger partial charge in [0.15, 0.2) is 0 Å². The number of benzene rings is 2. The van der Waals surface area contributed by atoms with E-state index in [1.165, 1.54) is 5.56 Å². The van der Waals surface area contributed by atoms with Crippen LogP contribution in [0.3, 0.4) is 0 Å². The van der Waals surface area contributed by atoms with Crippen LogP contribution in [-0.4, -0.2) is 11.7 Å². The molecule has 0 saturated carbocycles. The zero-order valence-corrected chi connectivity index (χ0v) is 12.2. The predicted molar refractivity (Wildman–Crippen MR) is 79.1 cm³/mol. The van der Waals surface area contributed by atoms with E-state index in [1.54, 1.807) is 0 Å². The first-order chi connectivity index (χ1) is 8.69. The smallest absolute Gasteiger partial charge is 0.0502 e. The van der Waals surface area contributed by atoms with Crippen molar-refractivity contribution in [1.29, 1.82) is 0 Å². The van der Waals surface area contributed by atoms with Crippen molar-refractivity contribution >= 4 is 27.5 Å². The molecular weight excluding hydrogens is 312 g/mol. The molecule has 0 heterocycles. The zero-order chi connectivity index (χ0) is 13.0. The minimum Gasteiger partial charge on any atom is -0.396 e. The Labute approximate surface area is 121 Å². The summed E-state index contributed by atoms with van der Waals surface area (Å²) in [4.78, 5) is 0. The summed E-state index contributed by atoms with van der Waals surface area (Å²) in [5, 5.41) is 10.3. The second kappa shape index (κ2) is 6.37. The fourth-order valence-corrected chi connectivity index (χ4v) is 2.32. The number of rotatable bonds is 4. The van der Waals surface area contributed by atoms with Crippen molar-refractivity contribution < 1.29 is 5.11 Å². The first-order valence-corrected chi connectivity index (χ1v) is 6.97. The van der Waals surface area contributed by atoms with Gasteiger partial charge >= 0.3 is 0 Å². The van der Waals surface area contributed by atoms with Crippen molar-refractivity contribution in [2.75, 3.05) is 6.61 Å². The molecule has 0 saturated heterocycles. The lowest BCUT2D eigenvalue weighted by Gasteiger charge is -2.15. The molecule has 0 bridgehead atoms. The quantitative estimate of drug-likeness (QED) is 0.882. The number of hydrogen-bond donors (Lipinski definition) is 1. The third-order valence-electron chi connectivity index (χ3n) is 2.96. The largest absolute Gasteiger partial charge is 0.396 e. The highest BCUT2D eigenvalue weighted by Gasteiger charge is 2.11. The molecule has 1 N–H and O–H groups in total.